The molecular formula is C13H24O5S. The number of ether oxygens (including phenoxy) is 2. The lowest BCUT2D eigenvalue weighted by Crippen LogP contribution is -2.31. The lowest BCUT2D eigenvalue weighted by atomic mass is 9.91. The summed E-state index contributed by atoms with van der Waals surface area (Å²) >= 11 is 1.55. The van der Waals surface area contributed by atoms with Crippen LogP contribution in [0.15, 0.2) is 0 Å². The normalized spacial score (nSPS) is 12.9. The number of hydrogen-bond donors (Lipinski definition) is 1. The third kappa shape index (κ3) is 8.10. The summed E-state index contributed by atoms with van der Waals surface area (Å²) in [6, 6.07) is 0. The highest BCUT2D eigenvalue weighted by molar-refractivity contribution is 7.98. The fourth-order valence-corrected chi connectivity index (χ4v) is 1.38. The van der Waals surface area contributed by atoms with Crippen LogP contribution in [0.5, 0.6) is 0 Å². The maximum Gasteiger partial charge on any atom is 0.311 e. The zero-order valence-corrected chi connectivity index (χ0v) is 12.9. The van der Waals surface area contributed by atoms with Gasteiger partial charge in [-0.3, -0.25) is 9.59 Å². The van der Waals surface area contributed by atoms with E-state index in [1.807, 2.05) is 13.2 Å². The van der Waals surface area contributed by atoms with Crippen molar-refractivity contribution in [1.82, 2.24) is 0 Å². The van der Waals surface area contributed by atoms with Gasteiger partial charge >= 0.3 is 11.9 Å². The van der Waals surface area contributed by atoms with Crippen LogP contribution in [-0.4, -0.2) is 48.4 Å². The molecule has 0 radical (unpaired) electrons. The molecule has 19 heavy (non-hydrogen) atoms. The van der Waals surface area contributed by atoms with Crippen LogP contribution < -0.4 is 0 Å². The van der Waals surface area contributed by atoms with Crippen LogP contribution in [0.25, 0.3) is 0 Å². The molecule has 1 unspecified atom stereocenters. The predicted octanol–water partition coefficient (Wildman–Crippen LogP) is 1.62. The van der Waals surface area contributed by atoms with Crippen molar-refractivity contribution in [1.29, 1.82) is 0 Å². The fraction of sp³-hybridized carbons (Fsp3) is 0.846. The smallest absolute Gasteiger partial charge is 0.311 e. The standard InChI is InChI=1S/C13H24O5S/c1-5-13(2,3)12(16)18-9-10(14)8-17-11(15)6-7-19-4/h10,14H,5-9H2,1-4H3. The molecule has 1 N–H and O–H groups in total. The molecule has 5 nitrogen and oxygen atoms in total. The molecule has 0 aromatic rings. The Labute approximate surface area is 119 Å². The Balaban J connectivity index is 3.84. The molecule has 0 aromatic carbocycles. The SMILES string of the molecule is CCC(C)(C)C(=O)OCC(O)COC(=O)CCSC. The molecule has 0 bridgehead atoms. The molecule has 0 saturated heterocycles. The van der Waals surface area contributed by atoms with Crippen molar-refractivity contribution in [2.75, 3.05) is 25.2 Å². The number of esters is 2. The van der Waals surface area contributed by atoms with E-state index in [2.05, 4.69) is 0 Å². The van der Waals surface area contributed by atoms with Gasteiger partial charge in [-0.15, -0.1) is 0 Å². The molecule has 0 fully saturated rings. The molecule has 0 aromatic heterocycles. The molecule has 0 aliphatic carbocycles. The maximum atomic E-state index is 11.6. The van der Waals surface area contributed by atoms with E-state index in [4.69, 9.17) is 9.47 Å². The van der Waals surface area contributed by atoms with Crippen molar-refractivity contribution in [2.24, 2.45) is 5.41 Å². The van der Waals surface area contributed by atoms with Crippen LogP contribution in [0.4, 0.5) is 0 Å². The summed E-state index contributed by atoms with van der Waals surface area (Å²) in [6.07, 6.45) is 1.90. The fourth-order valence-electron chi connectivity index (χ4n) is 1.01. The Kier molecular flexibility index (Phi) is 8.84. The molecule has 112 valence electrons. The van der Waals surface area contributed by atoms with Crippen molar-refractivity contribution < 1.29 is 24.2 Å². The summed E-state index contributed by atoms with van der Waals surface area (Å²) in [6.45, 7) is 5.16. The molecule has 0 spiro atoms. The summed E-state index contributed by atoms with van der Waals surface area (Å²) in [4.78, 5) is 22.8. The second-order valence-electron chi connectivity index (χ2n) is 4.92. The molecule has 1 atom stereocenters. The third-order valence-corrected chi connectivity index (χ3v) is 3.40. The Morgan fingerprint density at radius 2 is 1.84 bits per heavy atom. The van der Waals surface area contributed by atoms with Gasteiger partial charge < -0.3 is 14.6 Å². The van der Waals surface area contributed by atoms with Gasteiger partial charge in [0.2, 0.25) is 0 Å². The predicted molar refractivity (Wildman–Crippen MR) is 75.0 cm³/mol. The van der Waals surface area contributed by atoms with Gasteiger partial charge in [0.15, 0.2) is 0 Å². The summed E-state index contributed by atoms with van der Waals surface area (Å²) in [5.41, 5.74) is -0.561. The van der Waals surface area contributed by atoms with E-state index in [1.54, 1.807) is 25.6 Å². The van der Waals surface area contributed by atoms with E-state index in [1.165, 1.54) is 0 Å². The highest BCUT2D eigenvalue weighted by atomic mass is 32.2. The number of thioether (sulfide) groups is 1. The Morgan fingerprint density at radius 1 is 1.26 bits per heavy atom. The van der Waals surface area contributed by atoms with Crippen molar-refractivity contribution in [3.05, 3.63) is 0 Å². The van der Waals surface area contributed by atoms with E-state index >= 15 is 0 Å². The summed E-state index contributed by atoms with van der Waals surface area (Å²) in [5, 5.41) is 9.55. The van der Waals surface area contributed by atoms with E-state index in [0.29, 0.717) is 18.6 Å². The summed E-state index contributed by atoms with van der Waals surface area (Å²) in [5.74, 6) is -0.0226. The number of rotatable bonds is 9. The lowest BCUT2D eigenvalue weighted by Gasteiger charge is -2.21. The van der Waals surface area contributed by atoms with Gasteiger partial charge in [-0.25, -0.2) is 0 Å². The Morgan fingerprint density at radius 3 is 2.37 bits per heavy atom. The number of aliphatic hydroxyl groups excluding tert-OH is 1. The molecule has 0 amide bonds. The molecule has 0 heterocycles. The summed E-state index contributed by atoms with van der Waals surface area (Å²) in [7, 11) is 0. The van der Waals surface area contributed by atoms with Gasteiger partial charge in [-0.2, -0.15) is 11.8 Å². The highest BCUT2D eigenvalue weighted by Gasteiger charge is 2.27. The van der Waals surface area contributed by atoms with Crippen LogP contribution in [-0.2, 0) is 19.1 Å². The van der Waals surface area contributed by atoms with E-state index in [9.17, 15) is 14.7 Å². The van der Waals surface area contributed by atoms with Crippen LogP contribution in [0, 0.1) is 5.41 Å². The van der Waals surface area contributed by atoms with Crippen LogP contribution in [0.2, 0.25) is 0 Å². The van der Waals surface area contributed by atoms with Crippen LogP contribution in [0.1, 0.15) is 33.6 Å². The highest BCUT2D eigenvalue weighted by Crippen LogP contribution is 2.21. The molecular weight excluding hydrogens is 268 g/mol. The molecule has 0 saturated carbocycles. The minimum absolute atomic E-state index is 0.146. The first-order valence-electron chi connectivity index (χ1n) is 6.33. The van der Waals surface area contributed by atoms with Crippen LogP contribution >= 0.6 is 11.8 Å². The minimum atomic E-state index is -0.977. The van der Waals surface area contributed by atoms with Crippen molar-refractivity contribution >= 4 is 23.7 Å². The largest absolute Gasteiger partial charge is 0.463 e. The Hall–Kier alpha value is -0.750. The zero-order valence-electron chi connectivity index (χ0n) is 12.1. The van der Waals surface area contributed by atoms with Gasteiger partial charge in [0.25, 0.3) is 0 Å². The van der Waals surface area contributed by atoms with Crippen molar-refractivity contribution in [2.45, 2.75) is 39.7 Å². The van der Waals surface area contributed by atoms with Crippen molar-refractivity contribution in [3.63, 3.8) is 0 Å². The van der Waals surface area contributed by atoms with Gasteiger partial charge in [0.1, 0.15) is 19.3 Å². The van der Waals surface area contributed by atoms with Gasteiger partial charge in [0, 0.05) is 5.75 Å². The maximum absolute atomic E-state index is 11.6. The number of hydrogen-bond acceptors (Lipinski definition) is 6. The quantitative estimate of drug-likeness (QED) is 0.651. The number of carbonyl (C=O) groups excluding carboxylic acids is 2. The van der Waals surface area contributed by atoms with E-state index < -0.39 is 11.5 Å². The lowest BCUT2D eigenvalue weighted by molar-refractivity contribution is -0.159. The molecule has 6 heteroatoms. The second kappa shape index (κ2) is 9.20. The van der Waals surface area contributed by atoms with E-state index in [-0.39, 0.29) is 25.2 Å². The number of carbonyl (C=O) groups is 2. The van der Waals surface area contributed by atoms with Crippen molar-refractivity contribution in [3.8, 4) is 0 Å². The first-order valence-corrected chi connectivity index (χ1v) is 7.72. The first kappa shape index (κ1) is 18.2. The first-order chi connectivity index (χ1) is 8.83. The van der Waals surface area contributed by atoms with Gasteiger partial charge in [-0.1, -0.05) is 6.92 Å². The monoisotopic (exact) mass is 292 g/mol. The number of aliphatic hydroxyl groups is 1. The van der Waals surface area contributed by atoms with Gasteiger partial charge in [0.05, 0.1) is 11.8 Å². The Bertz CT molecular complexity index is 291. The second-order valence-corrected chi connectivity index (χ2v) is 5.90. The summed E-state index contributed by atoms with van der Waals surface area (Å²) < 4.78 is 9.85. The molecule has 0 rings (SSSR count). The van der Waals surface area contributed by atoms with Crippen LogP contribution in [0.3, 0.4) is 0 Å². The molecule has 0 aliphatic rings. The molecule has 0 aliphatic heterocycles. The zero-order chi connectivity index (χ0) is 14.9. The minimum Gasteiger partial charge on any atom is -0.463 e. The third-order valence-electron chi connectivity index (χ3n) is 2.79. The average Bonchev–Trinajstić information content (AvgIpc) is 2.39. The topological polar surface area (TPSA) is 72.8 Å². The van der Waals surface area contributed by atoms with E-state index in [0.717, 1.165) is 0 Å². The van der Waals surface area contributed by atoms with Gasteiger partial charge in [-0.05, 0) is 26.5 Å². The average molecular weight is 292 g/mol.